The fourth-order valence-electron chi connectivity index (χ4n) is 5.64. The second-order valence-electron chi connectivity index (χ2n) is 10.6. The molecule has 2 aliphatic heterocycles. The van der Waals surface area contributed by atoms with Crippen LogP contribution in [0.3, 0.4) is 0 Å². The number of aromatic nitrogens is 4. The second-order valence-corrected chi connectivity index (χ2v) is 14.9. The number of hydrogen-bond donors (Lipinski definition) is 5. The van der Waals surface area contributed by atoms with Crippen molar-refractivity contribution in [2.24, 2.45) is 0 Å². The van der Waals surface area contributed by atoms with Crippen LogP contribution in [0, 0.1) is 0 Å². The van der Waals surface area contributed by atoms with E-state index in [0.717, 1.165) is 11.1 Å². The first kappa shape index (κ1) is 30.3. The van der Waals surface area contributed by atoms with Crippen molar-refractivity contribution >= 4 is 43.8 Å². The number of rotatable bonds is 9. The first-order chi connectivity index (χ1) is 20.4. The molecule has 0 aliphatic carbocycles. The van der Waals surface area contributed by atoms with E-state index in [1.54, 1.807) is 0 Å². The van der Waals surface area contributed by atoms with Gasteiger partial charge < -0.3 is 39.1 Å². The first-order valence-corrected chi connectivity index (χ1v) is 17.1. The van der Waals surface area contributed by atoms with Gasteiger partial charge in [0.15, 0.2) is 29.1 Å². The van der Waals surface area contributed by atoms with Gasteiger partial charge in [0.25, 0.3) is 0 Å². The van der Waals surface area contributed by atoms with Crippen molar-refractivity contribution in [1.82, 2.24) is 19.5 Å². The molecule has 0 amide bonds. The van der Waals surface area contributed by atoms with Gasteiger partial charge in [0.05, 0.1) is 18.3 Å². The lowest BCUT2D eigenvalue weighted by molar-refractivity contribution is -0.0483. The Bertz CT molecular complexity index is 1680. The molecule has 6 rings (SSSR count). The summed E-state index contributed by atoms with van der Waals surface area (Å²) < 4.78 is 35.1. The third-order valence-corrected chi connectivity index (χ3v) is 11.3. The molecule has 0 saturated carbocycles. The monoisotopic (exact) mass is 651 g/mol. The minimum absolute atomic E-state index is 0.0762. The molecule has 4 heterocycles. The van der Waals surface area contributed by atoms with E-state index in [9.17, 15) is 24.2 Å². The topological polar surface area (TPSA) is 201 Å². The van der Waals surface area contributed by atoms with E-state index < -0.39 is 52.2 Å². The van der Waals surface area contributed by atoms with E-state index >= 15 is 0 Å². The Labute approximate surface area is 250 Å². The summed E-state index contributed by atoms with van der Waals surface area (Å²) in [6, 6.07) is 20.3. The molecule has 2 saturated heterocycles. The molecular formula is C26H28ClN5O9P2. The van der Waals surface area contributed by atoms with Gasteiger partial charge in [-0.25, -0.2) is 4.98 Å². The van der Waals surface area contributed by atoms with Crippen LogP contribution in [0.2, 0.25) is 5.28 Å². The van der Waals surface area contributed by atoms with Gasteiger partial charge in [0.2, 0.25) is 5.28 Å². The van der Waals surface area contributed by atoms with Gasteiger partial charge in [-0.2, -0.15) is 9.97 Å². The van der Waals surface area contributed by atoms with Gasteiger partial charge >= 0.3 is 15.2 Å². The van der Waals surface area contributed by atoms with Crippen molar-refractivity contribution in [3.8, 4) is 0 Å². The molecular weight excluding hydrogens is 624 g/mol. The third kappa shape index (κ3) is 5.88. The van der Waals surface area contributed by atoms with Crippen molar-refractivity contribution in [3.05, 3.63) is 83.4 Å². The van der Waals surface area contributed by atoms with Crippen molar-refractivity contribution in [1.29, 1.82) is 0 Å². The van der Waals surface area contributed by atoms with Gasteiger partial charge in [-0.1, -0.05) is 60.7 Å². The summed E-state index contributed by atoms with van der Waals surface area (Å²) in [5, 5.41) is 21.3. The van der Waals surface area contributed by atoms with Crippen LogP contribution in [0.5, 0.6) is 0 Å². The Balaban J connectivity index is 1.26. The van der Waals surface area contributed by atoms with Crippen LogP contribution in [0.1, 0.15) is 17.4 Å². The van der Waals surface area contributed by atoms with Crippen molar-refractivity contribution in [2.75, 3.05) is 30.5 Å². The van der Waals surface area contributed by atoms with Gasteiger partial charge in [0.1, 0.15) is 18.3 Å². The number of imidazole rings is 1. The van der Waals surface area contributed by atoms with Crippen molar-refractivity contribution in [2.45, 2.75) is 30.0 Å². The molecule has 2 aromatic carbocycles. The summed E-state index contributed by atoms with van der Waals surface area (Å²) in [4.78, 5) is 43.0. The van der Waals surface area contributed by atoms with Crippen LogP contribution < -0.4 is 4.90 Å². The fourth-order valence-corrected chi connectivity index (χ4v) is 8.37. The minimum Gasteiger partial charge on any atom is -0.387 e. The van der Waals surface area contributed by atoms with Gasteiger partial charge in [-0.05, 0) is 22.7 Å². The molecule has 228 valence electrons. The molecule has 0 radical (unpaired) electrons. The largest absolute Gasteiger partial charge is 0.387 e. The molecule has 14 nitrogen and oxygen atoms in total. The highest BCUT2D eigenvalue weighted by atomic mass is 35.5. The Hall–Kier alpha value is -2.74. The zero-order chi connectivity index (χ0) is 30.6. The normalized spacial score (nSPS) is 25.0. The maximum absolute atomic E-state index is 12.0. The van der Waals surface area contributed by atoms with E-state index in [1.165, 1.54) is 10.9 Å². The molecule has 43 heavy (non-hydrogen) atoms. The number of fused-ring (bicyclic) bond motifs is 1. The first-order valence-electron chi connectivity index (χ1n) is 13.2. The van der Waals surface area contributed by atoms with Crippen LogP contribution in [-0.2, 0) is 23.8 Å². The Kier molecular flexibility index (Phi) is 7.97. The summed E-state index contributed by atoms with van der Waals surface area (Å²) in [7, 11) is -9.56. The number of ether oxygens (including phenoxy) is 1. The van der Waals surface area contributed by atoms with E-state index in [1.807, 2.05) is 41.3 Å². The SMILES string of the molecule is O=P(O)(O)CP(=O)(O)OC[C@H]1O[C@@H](n2cnc3c(N4CC(c5ccccc5)(c5ccccc5)C4)nc(Cl)nc32)[C@@H](O)C1O. The summed E-state index contributed by atoms with van der Waals surface area (Å²) in [6.45, 7) is 0.435. The summed E-state index contributed by atoms with van der Waals surface area (Å²) in [5.74, 6) is -0.923. The highest BCUT2D eigenvalue weighted by Gasteiger charge is 2.48. The lowest BCUT2D eigenvalue weighted by Gasteiger charge is -2.51. The van der Waals surface area contributed by atoms with E-state index in [2.05, 4.69) is 39.2 Å². The molecule has 2 fully saturated rings. The van der Waals surface area contributed by atoms with Gasteiger partial charge in [-0.15, -0.1) is 0 Å². The number of halogens is 1. The predicted octanol–water partition coefficient (Wildman–Crippen LogP) is 2.24. The molecule has 5 N–H and O–H groups in total. The smallest absolute Gasteiger partial charge is 0.340 e. The number of hydrogen-bond acceptors (Lipinski definition) is 10. The lowest BCUT2D eigenvalue weighted by atomic mass is 9.68. The average Bonchev–Trinajstić information content (AvgIpc) is 3.47. The molecule has 5 atom stereocenters. The molecule has 0 spiro atoms. The molecule has 17 heteroatoms. The number of nitrogens with zero attached hydrogens (tertiary/aromatic N) is 5. The van der Waals surface area contributed by atoms with Gasteiger partial charge in [-0.3, -0.25) is 13.7 Å². The zero-order valence-electron chi connectivity index (χ0n) is 22.4. The quantitative estimate of drug-likeness (QED) is 0.130. The Morgan fingerprint density at radius 3 is 2.14 bits per heavy atom. The highest BCUT2D eigenvalue weighted by Crippen LogP contribution is 2.55. The third-order valence-electron chi connectivity index (χ3n) is 7.66. The predicted molar refractivity (Wildman–Crippen MR) is 155 cm³/mol. The second kappa shape index (κ2) is 11.3. The molecule has 0 bridgehead atoms. The van der Waals surface area contributed by atoms with Crippen LogP contribution in [0.25, 0.3) is 11.2 Å². The molecule has 2 aliphatic rings. The zero-order valence-corrected chi connectivity index (χ0v) is 24.9. The highest BCUT2D eigenvalue weighted by molar-refractivity contribution is 7.70. The summed E-state index contributed by atoms with van der Waals surface area (Å²) in [6.07, 6.45) is -4.29. The Morgan fingerprint density at radius 1 is 0.953 bits per heavy atom. The number of benzene rings is 2. The average molecular weight is 652 g/mol. The minimum atomic E-state index is -4.85. The Morgan fingerprint density at radius 2 is 1.56 bits per heavy atom. The summed E-state index contributed by atoms with van der Waals surface area (Å²) in [5.41, 5.74) is 2.60. The van der Waals surface area contributed by atoms with Gasteiger partial charge in [0, 0.05) is 13.1 Å². The van der Waals surface area contributed by atoms with E-state index in [-0.39, 0.29) is 16.3 Å². The van der Waals surface area contributed by atoms with Crippen molar-refractivity contribution in [3.63, 3.8) is 0 Å². The van der Waals surface area contributed by atoms with E-state index in [0.29, 0.717) is 24.4 Å². The lowest BCUT2D eigenvalue weighted by Crippen LogP contribution is -2.60. The fraction of sp³-hybridized carbons (Fsp3) is 0.346. The van der Waals surface area contributed by atoms with Crippen LogP contribution in [0.4, 0.5) is 5.82 Å². The molecule has 2 unspecified atom stereocenters. The van der Waals surface area contributed by atoms with Crippen LogP contribution in [-0.4, -0.2) is 88.3 Å². The standard InChI is InChI=1S/C26H28ClN5O9P2/c27-25-29-22(31-12-26(13-31,16-7-3-1-4-8-16)17-9-5-2-6-10-17)19-23(30-25)32(14-28-19)24-21(34)20(33)18(41-24)11-40-43(38,39)15-42(35,36)37/h1-10,14,18,20-21,24,33-34H,11-13,15H2,(H,38,39)(H2,35,36,37)/t18-,20?,21+,24-/m1/s1. The number of aliphatic hydroxyl groups excluding tert-OH is 2. The van der Waals surface area contributed by atoms with E-state index in [4.69, 9.17) is 30.6 Å². The number of aliphatic hydroxyl groups is 2. The summed E-state index contributed by atoms with van der Waals surface area (Å²) >= 11 is 6.35. The van der Waals surface area contributed by atoms with Crippen molar-refractivity contribution < 1.29 is 43.3 Å². The maximum atomic E-state index is 12.0. The van der Waals surface area contributed by atoms with Crippen LogP contribution >= 0.6 is 26.8 Å². The maximum Gasteiger partial charge on any atom is 0.340 e. The van der Waals surface area contributed by atoms with Crippen LogP contribution in [0.15, 0.2) is 67.0 Å². The number of anilines is 1. The molecule has 4 aromatic rings. The molecule has 2 aromatic heterocycles.